The molecule has 2 heterocycles. The van der Waals surface area contributed by atoms with E-state index in [1.54, 1.807) is 6.08 Å². The van der Waals surface area contributed by atoms with Crippen LogP contribution in [0.2, 0.25) is 0 Å². The monoisotopic (exact) mass is 552 g/mol. The van der Waals surface area contributed by atoms with Crippen molar-refractivity contribution in [2.75, 3.05) is 18.0 Å². The summed E-state index contributed by atoms with van der Waals surface area (Å²) in [4.78, 5) is 15.6. The molecule has 3 nitrogen and oxygen atoms in total. The molecule has 1 aromatic heterocycles. The maximum atomic E-state index is 15.7. The lowest BCUT2D eigenvalue weighted by Crippen LogP contribution is -2.23. The van der Waals surface area contributed by atoms with Crippen LogP contribution in [-0.2, 0) is 6.54 Å². The van der Waals surface area contributed by atoms with Gasteiger partial charge in [0.1, 0.15) is 5.82 Å². The molecule has 0 saturated carbocycles. The number of rotatable bonds is 7. The van der Waals surface area contributed by atoms with Gasteiger partial charge in [0.2, 0.25) is 0 Å². The first kappa shape index (κ1) is 31.6. The van der Waals surface area contributed by atoms with Gasteiger partial charge in [-0.2, -0.15) is 0 Å². The number of fused-ring (bicyclic) bond motifs is 1. The number of halogens is 1. The van der Waals surface area contributed by atoms with Crippen LogP contribution < -0.4 is 10.3 Å². The molecule has 1 aliphatic heterocycles. The summed E-state index contributed by atoms with van der Waals surface area (Å²) in [5.74, 6) is 0.178. The van der Waals surface area contributed by atoms with Crippen molar-refractivity contribution in [1.29, 1.82) is 0 Å². The van der Waals surface area contributed by atoms with Crippen molar-refractivity contribution in [3.63, 3.8) is 0 Å². The van der Waals surface area contributed by atoms with Gasteiger partial charge in [0.25, 0.3) is 0 Å². The Kier molecular flexibility index (Phi) is 11.3. The van der Waals surface area contributed by atoms with E-state index in [-0.39, 0.29) is 11.2 Å². The van der Waals surface area contributed by atoms with Gasteiger partial charge in [-0.3, -0.25) is 4.79 Å². The SMILES string of the molecule is C=Cc1c(N2CCC(CC)C2)c(F)cc2c(=O)c(C(=C)C)cn(Cc3ccc(-c4ccccc4)cc3)c12.CC.CC. The predicted octanol–water partition coefficient (Wildman–Crippen LogP) is 9.82. The molecule has 3 aromatic carbocycles. The average molecular weight is 553 g/mol. The normalized spacial score (nSPS) is 14.1. The van der Waals surface area contributed by atoms with Crippen LogP contribution in [0.1, 0.15) is 71.1 Å². The summed E-state index contributed by atoms with van der Waals surface area (Å²) in [6, 6.07) is 20.1. The van der Waals surface area contributed by atoms with Crippen LogP contribution >= 0.6 is 0 Å². The second-order valence-electron chi connectivity index (χ2n) is 10.1. The van der Waals surface area contributed by atoms with Gasteiger partial charge in [-0.25, -0.2) is 4.39 Å². The Balaban J connectivity index is 0.00000111. The summed E-state index contributed by atoms with van der Waals surface area (Å²) in [7, 11) is 0. The number of benzene rings is 3. The quantitative estimate of drug-likeness (QED) is 0.228. The first-order chi connectivity index (χ1) is 19.9. The minimum Gasteiger partial charge on any atom is -0.368 e. The van der Waals surface area contributed by atoms with Crippen LogP contribution in [0.5, 0.6) is 0 Å². The first-order valence-corrected chi connectivity index (χ1v) is 15.0. The van der Waals surface area contributed by atoms with E-state index in [1.165, 1.54) is 6.07 Å². The first-order valence-electron chi connectivity index (χ1n) is 15.0. The Morgan fingerprint density at radius 1 is 1.02 bits per heavy atom. The molecule has 5 rings (SSSR count). The summed E-state index contributed by atoms with van der Waals surface area (Å²) in [5, 5.41) is 0.365. The fraction of sp³-hybridized carbons (Fsp3) is 0.324. The predicted molar refractivity (Wildman–Crippen MR) is 177 cm³/mol. The average Bonchev–Trinajstić information content (AvgIpc) is 3.49. The second kappa shape index (κ2) is 14.6. The number of aromatic nitrogens is 1. The molecule has 1 aliphatic rings. The van der Waals surface area contributed by atoms with Gasteiger partial charge in [-0.1, -0.05) is 115 Å². The van der Waals surface area contributed by atoms with Gasteiger partial charge < -0.3 is 9.47 Å². The summed E-state index contributed by atoms with van der Waals surface area (Å²) >= 11 is 0. The molecule has 0 bridgehead atoms. The van der Waals surface area contributed by atoms with Crippen LogP contribution in [0.25, 0.3) is 33.7 Å². The van der Waals surface area contributed by atoms with Gasteiger partial charge in [0, 0.05) is 42.3 Å². The number of pyridine rings is 1. The maximum absolute atomic E-state index is 15.7. The molecule has 0 spiro atoms. The molecule has 0 aliphatic carbocycles. The van der Waals surface area contributed by atoms with Crippen molar-refractivity contribution in [1.82, 2.24) is 4.57 Å². The topological polar surface area (TPSA) is 25.2 Å². The lowest BCUT2D eigenvalue weighted by Gasteiger charge is -2.25. The van der Waals surface area contributed by atoms with Crippen molar-refractivity contribution in [2.45, 2.75) is 60.9 Å². The highest BCUT2D eigenvalue weighted by Crippen LogP contribution is 2.36. The van der Waals surface area contributed by atoms with Gasteiger partial charge in [-0.15, -0.1) is 0 Å². The highest BCUT2D eigenvalue weighted by molar-refractivity contribution is 5.95. The maximum Gasteiger partial charge on any atom is 0.196 e. The molecule has 1 saturated heterocycles. The van der Waals surface area contributed by atoms with E-state index in [4.69, 9.17) is 0 Å². The van der Waals surface area contributed by atoms with Crippen LogP contribution in [0, 0.1) is 11.7 Å². The highest BCUT2D eigenvalue weighted by atomic mass is 19.1. The zero-order valence-corrected chi connectivity index (χ0v) is 25.6. The van der Waals surface area contributed by atoms with Crippen LogP contribution in [0.3, 0.4) is 0 Å². The van der Waals surface area contributed by atoms with Crippen molar-refractivity contribution in [2.24, 2.45) is 5.92 Å². The summed E-state index contributed by atoms with van der Waals surface area (Å²) in [5.41, 5.74) is 6.31. The fourth-order valence-electron chi connectivity index (χ4n) is 5.50. The van der Waals surface area contributed by atoms with E-state index >= 15 is 4.39 Å². The van der Waals surface area contributed by atoms with Crippen LogP contribution in [0.4, 0.5) is 10.1 Å². The highest BCUT2D eigenvalue weighted by Gasteiger charge is 2.27. The Labute approximate surface area is 245 Å². The standard InChI is InChI=1S/C33H33FN2O.2C2H6/c1-5-23-16-17-35(19-23)32-27(6-2)31-28(18-30(32)34)33(37)29(22(3)4)21-36(31)20-24-12-14-26(15-13-24)25-10-8-7-9-11-25;2*1-2/h6-15,18,21,23H,2-3,5,16-17,19-20H2,1,4H3;2*1-2H3. The summed E-state index contributed by atoms with van der Waals surface area (Å²) in [6.45, 7) is 22.2. The minimum atomic E-state index is -0.367. The van der Waals surface area contributed by atoms with E-state index in [1.807, 2.05) is 59.0 Å². The molecule has 1 fully saturated rings. The molecule has 1 unspecified atom stereocenters. The largest absolute Gasteiger partial charge is 0.368 e. The van der Waals surface area contributed by atoms with E-state index in [0.717, 1.165) is 42.6 Å². The van der Waals surface area contributed by atoms with Crippen LogP contribution in [0.15, 0.2) is 84.8 Å². The molecule has 4 aromatic rings. The second-order valence-corrected chi connectivity index (χ2v) is 10.1. The number of anilines is 1. The summed E-state index contributed by atoms with van der Waals surface area (Å²) < 4.78 is 17.7. The van der Waals surface area contributed by atoms with Crippen molar-refractivity contribution >= 4 is 28.2 Å². The molecule has 1 atom stereocenters. The molecule has 0 amide bonds. The summed E-state index contributed by atoms with van der Waals surface area (Å²) in [6.07, 6.45) is 5.68. The molecule has 216 valence electrons. The van der Waals surface area contributed by atoms with Crippen molar-refractivity contribution < 1.29 is 4.39 Å². The van der Waals surface area contributed by atoms with Gasteiger partial charge >= 0.3 is 0 Å². The third-order valence-electron chi connectivity index (χ3n) is 7.58. The van der Waals surface area contributed by atoms with E-state index in [2.05, 4.69) is 65.9 Å². The lowest BCUT2D eigenvalue weighted by molar-refractivity contribution is 0.567. The Morgan fingerprint density at radius 2 is 1.66 bits per heavy atom. The van der Waals surface area contributed by atoms with E-state index in [0.29, 0.717) is 45.8 Å². The number of allylic oxidation sites excluding steroid dienone is 1. The molecule has 0 N–H and O–H groups in total. The van der Waals surface area contributed by atoms with E-state index in [9.17, 15) is 4.79 Å². The molecule has 4 heteroatoms. The Bertz CT molecular complexity index is 1530. The third-order valence-corrected chi connectivity index (χ3v) is 7.58. The molecular weight excluding hydrogens is 507 g/mol. The number of nitrogens with zero attached hydrogens (tertiary/aromatic N) is 2. The smallest absolute Gasteiger partial charge is 0.196 e. The number of hydrogen-bond acceptors (Lipinski definition) is 2. The van der Waals surface area contributed by atoms with E-state index < -0.39 is 0 Å². The number of hydrogen-bond donors (Lipinski definition) is 0. The van der Waals surface area contributed by atoms with Crippen molar-refractivity contribution in [3.8, 4) is 11.1 Å². The minimum absolute atomic E-state index is 0.195. The molecule has 0 radical (unpaired) electrons. The fourth-order valence-corrected chi connectivity index (χ4v) is 5.50. The Morgan fingerprint density at radius 3 is 2.22 bits per heavy atom. The third kappa shape index (κ3) is 6.70. The van der Waals surface area contributed by atoms with Crippen LogP contribution in [-0.4, -0.2) is 17.7 Å². The van der Waals surface area contributed by atoms with Gasteiger partial charge in [0.05, 0.1) is 11.2 Å². The zero-order chi connectivity index (χ0) is 30.1. The van der Waals surface area contributed by atoms with Gasteiger partial charge in [0.15, 0.2) is 5.43 Å². The molecule has 41 heavy (non-hydrogen) atoms. The molecular formula is C37H45FN2O. The van der Waals surface area contributed by atoms with Crippen molar-refractivity contribution in [3.05, 3.63) is 113 Å². The zero-order valence-electron chi connectivity index (χ0n) is 25.6. The van der Waals surface area contributed by atoms with Gasteiger partial charge in [-0.05, 0) is 47.6 Å². The lowest BCUT2D eigenvalue weighted by atomic mass is 10.00. The Hall–Kier alpha value is -3.92.